The molecule has 1 aliphatic carbocycles. The van der Waals surface area contributed by atoms with Gasteiger partial charge in [-0.25, -0.2) is 4.98 Å². The van der Waals surface area contributed by atoms with Crippen molar-refractivity contribution in [2.24, 2.45) is 5.73 Å². The molecule has 2 N–H and O–H groups in total. The predicted octanol–water partition coefficient (Wildman–Crippen LogP) is 3.21. The maximum absolute atomic E-state index is 6.34. The molecule has 0 bridgehead atoms. The van der Waals surface area contributed by atoms with E-state index in [1.807, 2.05) is 6.92 Å². The van der Waals surface area contributed by atoms with Crippen molar-refractivity contribution < 1.29 is 4.52 Å². The second kappa shape index (κ2) is 5.79. The van der Waals surface area contributed by atoms with Gasteiger partial charge in [0.05, 0.1) is 16.2 Å². The molecule has 0 unspecified atom stereocenters. The third kappa shape index (κ3) is 2.60. The quantitative estimate of drug-likeness (QED) is 0.941. The molecule has 0 amide bonds. The molecule has 0 aliphatic heterocycles. The van der Waals surface area contributed by atoms with E-state index in [0.29, 0.717) is 11.7 Å². The Balaban J connectivity index is 0.00000147. The van der Waals surface area contributed by atoms with Crippen LogP contribution in [-0.4, -0.2) is 15.1 Å². The Morgan fingerprint density at radius 3 is 2.60 bits per heavy atom. The fourth-order valence-electron chi connectivity index (χ4n) is 2.55. The van der Waals surface area contributed by atoms with Crippen molar-refractivity contribution in [3.63, 3.8) is 0 Å². The molecule has 1 aliphatic rings. The van der Waals surface area contributed by atoms with Crippen molar-refractivity contribution in [2.45, 2.75) is 51.5 Å². The fourth-order valence-corrected chi connectivity index (χ4v) is 3.48. The number of halogens is 1. The molecule has 2 heterocycles. The zero-order chi connectivity index (χ0) is 13.5. The summed E-state index contributed by atoms with van der Waals surface area (Å²) in [5, 5.41) is 5.18. The first-order chi connectivity index (χ1) is 9.12. The van der Waals surface area contributed by atoms with E-state index in [2.05, 4.69) is 22.0 Å². The second-order valence-corrected chi connectivity index (χ2v) is 6.25. The van der Waals surface area contributed by atoms with Gasteiger partial charge < -0.3 is 10.3 Å². The highest BCUT2D eigenvalue weighted by Crippen LogP contribution is 2.36. The molecule has 110 valence electrons. The van der Waals surface area contributed by atoms with Gasteiger partial charge in [0, 0.05) is 0 Å². The first-order valence-electron chi connectivity index (χ1n) is 6.72. The normalized spacial score (nSPS) is 17.1. The maximum Gasteiger partial charge on any atom is 0.269 e. The molecule has 0 radical (unpaired) electrons. The van der Waals surface area contributed by atoms with Gasteiger partial charge in [0.25, 0.3) is 5.89 Å². The van der Waals surface area contributed by atoms with Gasteiger partial charge in [0.1, 0.15) is 4.88 Å². The minimum atomic E-state index is -0.395. The first kappa shape index (κ1) is 15.4. The largest absolute Gasteiger partial charge is 0.333 e. The molecular formula is C13H19ClN4OS. The molecule has 0 aromatic carbocycles. The highest BCUT2D eigenvalue weighted by Gasteiger charge is 2.36. The van der Waals surface area contributed by atoms with Crippen molar-refractivity contribution >= 4 is 23.7 Å². The van der Waals surface area contributed by atoms with Crippen molar-refractivity contribution in [3.05, 3.63) is 16.5 Å². The summed E-state index contributed by atoms with van der Waals surface area (Å²) < 4.78 is 5.40. The summed E-state index contributed by atoms with van der Waals surface area (Å²) in [5.74, 6) is 1.20. The molecule has 1 saturated carbocycles. The molecule has 7 heteroatoms. The van der Waals surface area contributed by atoms with Crippen molar-refractivity contribution in [1.82, 2.24) is 15.1 Å². The molecule has 0 saturated heterocycles. The van der Waals surface area contributed by atoms with E-state index in [1.54, 1.807) is 11.3 Å². The number of rotatable bonds is 3. The predicted molar refractivity (Wildman–Crippen MR) is 81.1 cm³/mol. The standard InChI is InChI=1S/C13H18N4OS.ClH/c1-3-9-15-8(2)10(19-9)11-16-12(17-18-11)13(14)6-4-5-7-13;/h3-7,14H2,1-2H3;1H. The molecule has 3 rings (SSSR count). The van der Waals surface area contributed by atoms with Crippen molar-refractivity contribution in [1.29, 1.82) is 0 Å². The van der Waals surface area contributed by atoms with Crippen molar-refractivity contribution in [3.8, 4) is 10.8 Å². The number of hydrogen-bond donors (Lipinski definition) is 1. The van der Waals surface area contributed by atoms with Crippen LogP contribution in [0.3, 0.4) is 0 Å². The van der Waals surface area contributed by atoms with E-state index in [9.17, 15) is 0 Å². The van der Waals surface area contributed by atoms with E-state index >= 15 is 0 Å². The lowest BCUT2D eigenvalue weighted by Crippen LogP contribution is -2.34. The highest BCUT2D eigenvalue weighted by atomic mass is 35.5. The van der Waals surface area contributed by atoms with Gasteiger partial charge >= 0.3 is 0 Å². The number of aryl methyl sites for hydroxylation is 2. The van der Waals surface area contributed by atoms with Crippen LogP contribution in [0.15, 0.2) is 4.52 Å². The minimum absolute atomic E-state index is 0. The molecule has 20 heavy (non-hydrogen) atoms. The fraction of sp³-hybridized carbons (Fsp3) is 0.615. The number of thiazole rings is 1. The SMILES string of the molecule is CCc1nc(C)c(-c2nc(C3(N)CCCC3)no2)s1.Cl. The summed E-state index contributed by atoms with van der Waals surface area (Å²) >= 11 is 1.62. The van der Waals surface area contributed by atoms with Crippen LogP contribution < -0.4 is 5.73 Å². The number of aromatic nitrogens is 3. The Kier molecular flexibility index (Phi) is 4.46. The van der Waals surface area contributed by atoms with E-state index in [1.165, 1.54) is 0 Å². The Hall–Kier alpha value is -0.980. The van der Waals surface area contributed by atoms with Crippen LogP contribution in [0.1, 0.15) is 49.1 Å². The van der Waals surface area contributed by atoms with Gasteiger partial charge in [-0.05, 0) is 26.2 Å². The Labute approximate surface area is 128 Å². The molecule has 2 aromatic heterocycles. The van der Waals surface area contributed by atoms with Crippen LogP contribution >= 0.6 is 23.7 Å². The van der Waals surface area contributed by atoms with Crippen LogP contribution in [-0.2, 0) is 12.0 Å². The molecule has 1 fully saturated rings. The van der Waals surface area contributed by atoms with Crippen LogP contribution in [0.5, 0.6) is 0 Å². The zero-order valence-corrected chi connectivity index (χ0v) is 13.3. The Morgan fingerprint density at radius 1 is 1.30 bits per heavy atom. The molecular weight excluding hydrogens is 296 g/mol. The summed E-state index contributed by atoms with van der Waals surface area (Å²) in [5.41, 5.74) is 6.90. The zero-order valence-electron chi connectivity index (χ0n) is 11.7. The molecule has 0 spiro atoms. The first-order valence-corrected chi connectivity index (χ1v) is 7.54. The van der Waals surface area contributed by atoms with E-state index in [0.717, 1.165) is 47.7 Å². The average Bonchev–Trinajstić information content (AvgIpc) is 3.08. The summed E-state index contributed by atoms with van der Waals surface area (Å²) in [6, 6.07) is 0. The topological polar surface area (TPSA) is 77.8 Å². The van der Waals surface area contributed by atoms with Crippen LogP contribution in [0.4, 0.5) is 0 Å². The molecule has 2 aromatic rings. The Bertz CT molecular complexity index is 589. The van der Waals surface area contributed by atoms with Gasteiger partial charge in [-0.3, -0.25) is 0 Å². The average molecular weight is 315 g/mol. The lowest BCUT2D eigenvalue weighted by Gasteiger charge is -2.17. The number of nitrogens with zero attached hydrogens (tertiary/aromatic N) is 3. The summed E-state index contributed by atoms with van der Waals surface area (Å²) in [7, 11) is 0. The smallest absolute Gasteiger partial charge is 0.269 e. The van der Waals surface area contributed by atoms with Crippen LogP contribution in [0.2, 0.25) is 0 Å². The van der Waals surface area contributed by atoms with Gasteiger partial charge in [0.2, 0.25) is 0 Å². The number of nitrogens with two attached hydrogens (primary N) is 1. The lowest BCUT2D eigenvalue weighted by molar-refractivity contribution is 0.373. The highest BCUT2D eigenvalue weighted by molar-refractivity contribution is 7.15. The van der Waals surface area contributed by atoms with E-state index < -0.39 is 5.54 Å². The summed E-state index contributed by atoms with van der Waals surface area (Å²) in [6.45, 7) is 4.07. The van der Waals surface area contributed by atoms with Gasteiger partial charge in [0.15, 0.2) is 5.82 Å². The maximum atomic E-state index is 6.34. The minimum Gasteiger partial charge on any atom is -0.333 e. The van der Waals surface area contributed by atoms with Crippen molar-refractivity contribution in [2.75, 3.05) is 0 Å². The lowest BCUT2D eigenvalue weighted by atomic mass is 9.99. The monoisotopic (exact) mass is 314 g/mol. The molecule has 0 atom stereocenters. The molecule has 5 nitrogen and oxygen atoms in total. The van der Waals surface area contributed by atoms with Gasteiger partial charge in [-0.2, -0.15) is 4.98 Å². The third-order valence-corrected chi connectivity index (χ3v) is 4.99. The summed E-state index contributed by atoms with van der Waals surface area (Å²) in [4.78, 5) is 9.97. The van der Waals surface area contributed by atoms with Crippen LogP contribution in [0.25, 0.3) is 10.8 Å². The Morgan fingerprint density at radius 2 is 2.00 bits per heavy atom. The summed E-state index contributed by atoms with van der Waals surface area (Å²) in [6.07, 6.45) is 5.08. The van der Waals surface area contributed by atoms with E-state index in [-0.39, 0.29) is 12.4 Å². The van der Waals surface area contributed by atoms with Crippen LogP contribution in [0, 0.1) is 6.92 Å². The van der Waals surface area contributed by atoms with Gasteiger partial charge in [-0.15, -0.1) is 23.7 Å². The van der Waals surface area contributed by atoms with E-state index in [4.69, 9.17) is 10.3 Å². The number of hydrogen-bond acceptors (Lipinski definition) is 6. The third-order valence-electron chi connectivity index (χ3n) is 3.70. The second-order valence-electron chi connectivity index (χ2n) is 5.16. The van der Waals surface area contributed by atoms with Gasteiger partial charge in [-0.1, -0.05) is 24.9 Å².